The van der Waals surface area contributed by atoms with Gasteiger partial charge in [0.1, 0.15) is 18.5 Å². The third-order valence-corrected chi connectivity index (χ3v) is 5.93. The lowest BCUT2D eigenvalue weighted by molar-refractivity contribution is 0.0138. The maximum absolute atomic E-state index is 12.2. The minimum absolute atomic E-state index is 0.00791. The van der Waals surface area contributed by atoms with E-state index in [1.807, 2.05) is 36.4 Å². The van der Waals surface area contributed by atoms with Gasteiger partial charge < -0.3 is 31.1 Å². The number of ether oxygens (including phenoxy) is 1. The summed E-state index contributed by atoms with van der Waals surface area (Å²) in [7, 11) is 0. The summed E-state index contributed by atoms with van der Waals surface area (Å²) in [5.74, 6) is -1.38. The van der Waals surface area contributed by atoms with E-state index in [1.165, 1.54) is 0 Å². The van der Waals surface area contributed by atoms with Gasteiger partial charge in [-0.15, -0.1) is 0 Å². The summed E-state index contributed by atoms with van der Waals surface area (Å²) >= 11 is 0. The first-order valence-corrected chi connectivity index (χ1v) is 10.8. The van der Waals surface area contributed by atoms with Crippen LogP contribution in [0.2, 0.25) is 0 Å². The molecule has 1 heterocycles. The molecule has 176 valence electrons. The summed E-state index contributed by atoms with van der Waals surface area (Å²) in [6, 6.07) is 17.2. The van der Waals surface area contributed by atoms with Gasteiger partial charge in [-0.2, -0.15) is 0 Å². The fourth-order valence-electron chi connectivity index (χ4n) is 4.18. The molecule has 0 saturated heterocycles. The number of aliphatic hydroxyl groups excluding tert-OH is 2. The third-order valence-electron chi connectivity index (χ3n) is 5.93. The molecule has 0 saturated carbocycles. The summed E-state index contributed by atoms with van der Waals surface area (Å²) in [5, 5.41) is 32.3. The highest BCUT2D eigenvalue weighted by molar-refractivity contribution is 5.87. The molecule has 0 bridgehead atoms. The van der Waals surface area contributed by atoms with Crippen LogP contribution in [0.25, 0.3) is 11.1 Å². The highest BCUT2D eigenvalue weighted by Gasteiger charge is 2.29. The Hall–Kier alpha value is -3.95. The van der Waals surface area contributed by atoms with Gasteiger partial charge in [-0.25, -0.2) is 14.6 Å². The maximum Gasteiger partial charge on any atom is 0.407 e. The highest BCUT2D eigenvalue weighted by Crippen LogP contribution is 2.44. The molecule has 0 spiro atoms. The summed E-state index contributed by atoms with van der Waals surface area (Å²) in [5.41, 5.74) is 10.0. The maximum atomic E-state index is 12.2. The number of nitrogens with zero attached hydrogens (tertiary/aromatic N) is 1. The zero-order valence-corrected chi connectivity index (χ0v) is 18.2. The smallest absolute Gasteiger partial charge is 0.407 e. The Kier molecular flexibility index (Phi) is 6.76. The van der Waals surface area contributed by atoms with Gasteiger partial charge in [0.2, 0.25) is 0 Å². The van der Waals surface area contributed by atoms with E-state index in [0.29, 0.717) is 0 Å². The number of nitrogens with one attached hydrogen (secondary N) is 1. The number of carbonyl (C=O) groups excluding carboxylic acids is 1. The summed E-state index contributed by atoms with van der Waals surface area (Å²) in [4.78, 5) is 27.1. The molecule has 2 atom stereocenters. The number of fused-ring (bicyclic) bond motifs is 3. The van der Waals surface area contributed by atoms with Crippen LogP contribution >= 0.6 is 0 Å². The normalized spacial score (nSPS) is 14.1. The highest BCUT2D eigenvalue weighted by atomic mass is 16.5. The number of aliphatic hydroxyl groups is 2. The summed E-state index contributed by atoms with van der Waals surface area (Å²) < 4.78 is 5.44. The van der Waals surface area contributed by atoms with E-state index in [2.05, 4.69) is 22.4 Å². The van der Waals surface area contributed by atoms with Gasteiger partial charge >= 0.3 is 12.1 Å². The van der Waals surface area contributed by atoms with Crippen LogP contribution in [0.15, 0.2) is 60.8 Å². The number of nitrogen functional groups attached to an aromatic ring is 1. The second-order valence-corrected chi connectivity index (χ2v) is 8.06. The van der Waals surface area contributed by atoms with Gasteiger partial charge in [0.05, 0.1) is 11.7 Å². The lowest BCUT2D eigenvalue weighted by Gasteiger charge is -2.20. The number of rotatable bonds is 8. The minimum atomic E-state index is -1.46. The van der Waals surface area contributed by atoms with Crippen LogP contribution in [-0.2, 0) is 4.74 Å². The number of aromatic carboxylic acids is 1. The molecule has 0 radical (unpaired) electrons. The van der Waals surface area contributed by atoms with Gasteiger partial charge in [-0.05, 0) is 34.7 Å². The Morgan fingerprint density at radius 2 is 1.68 bits per heavy atom. The van der Waals surface area contributed by atoms with E-state index in [0.717, 1.165) is 34.5 Å². The Bertz CT molecular complexity index is 1170. The van der Waals surface area contributed by atoms with Crippen molar-refractivity contribution in [2.24, 2.45) is 0 Å². The van der Waals surface area contributed by atoms with E-state index in [1.54, 1.807) is 0 Å². The summed E-state index contributed by atoms with van der Waals surface area (Å²) in [6.07, 6.45) is -2.35. The second kappa shape index (κ2) is 9.90. The van der Waals surface area contributed by atoms with E-state index in [9.17, 15) is 19.8 Å². The molecule has 1 aliphatic carbocycles. The largest absolute Gasteiger partial charge is 0.478 e. The number of nitrogens with two attached hydrogens (primary N) is 1. The average Bonchev–Trinajstić information content (AvgIpc) is 3.16. The topological polar surface area (TPSA) is 155 Å². The van der Waals surface area contributed by atoms with Crippen molar-refractivity contribution in [1.82, 2.24) is 10.3 Å². The van der Waals surface area contributed by atoms with Crippen LogP contribution in [0.1, 0.15) is 45.5 Å². The van der Waals surface area contributed by atoms with Crippen molar-refractivity contribution in [2.75, 3.05) is 18.9 Å². The number of amides is 1. The predicted molar refractivity (Wildman–Crippen MR) is 124 cm³/mol. The Morgan fingerprint density at radius 3 is 2.29 bits per heavy atom. The third kappa shape index (κ3) is 4.70. The number of carboxylic acids is 1. The molecule has 3 aromatic rings. The summed E-state index contributed by atoms with van der Waals surface area (Å²) in [6.45, 7) is 0.191. The first-order chi connectivity index (χ1) is 16.4. The van der Waals surface area contributed by atoms with Crippen LogP contribution in [-0.4, -0.2) is 51.6 Å². The van der Waals surface area contributed by atoms with Crippen molar-refractivity contribution in [3.63, 3.8) is 0 Å². The molecule has 4 rings (SSSR count). The van der Waals surface area contributed by atoms with Gasteiger partial charge in [0, 0.05) is 24.2 Å². The lowest BCUT2D eigenvalue weighted by Crippen LogP contribution is -2.31. The molecular weight excluding hydrogens is 438 g/mol. The van der Waals surface area contributed by atoms with Crippen LogP contribution in [0.3, 0.4) is 0 Å². The molecule has 2 aromatic carbocycles. The van der Waals surface area contributed by atoms with Gasteiger partial charge in [-0.1, -0.05) is 48.5 Å². The van der Waals surface area contributed by atoms with E-state index < -0.39 is 24.3 Å². The van der Waals surface area contributed by atoms with Crippen LogP contribution in [0.5, 0.6) is 0 Å². The zero-order chi connectivity index (χ0) is 24.2. The standard InChI is InChI=1S/C25H25N3O6/c26-23-19(11-14(12-28-23)24(31)32)22(30)21(29)9-10-27-25(33)34-13-20-17-7-3-1-5-15(17)16-6-2-4-8-18(16)20/h1-8,11-12,20-22,29-30H,9-10,13H2,(H2,26,28)(H,27,33)(H,31,32). The number of hydrogen-bond donors (Lipinski definition) is 5. The Morgan fingerprint density at radius 1 is 1.06 bits per heavy atom. The number of benzene rings is 2. The van der Waals surface area contributed by atoms with E-state index >= 15 is 0 Å². The molecule has 9 heteroatoms. The molecule has 0 aliphatic heterocycles. The number of carbonyl (C=O) groups is 2. The van der Waals surface area contributed by atoms with Gasteiger partial charge in [0.25, 0.3) is 0 Å². The number of hydrogen-bond acceptors (Lipinski definition) is 7. The quantitative estimate of drug-likeness (QED) is 0.341. The Balaban J connectivity index is 1.30. The van der Waals surface area contributed by atoms with Crippen molar-refractivity contribution < 1.29 is 29.6 Å². The number of aromatic nitrogens is 1. The Labute approximate surface area is 195 Å². The van der Waals surface area contributed by atoms with E-state index in [4.69, 9.17) is 15.6 Å². The van der Waals surface area contributed by atoms with Crippen molar-refractivity contribution in [3.05, 3.63) is 83.0 Å². The molecule has 2 unspecified atom stereocenters. The van der Waals surface area contributed by atoms with Gasteiger partial charge in [0.15, 0.2) is 0 Å². The molecule has 6 N–H and O–H groups in total. The SMILES string of the molecule is Nc1ncc(C(=O)O)cc1C(O)C(O)CCNC(=O)OCC1c2ccccc2-c2ccccc21. The predicted octanol–water partition coefficient (Wildman–Crippen LogP) is 2.69. The van der Waals surface area contributed by atoms with Crippen LogP contribution in [0, 0.1) is 0 Å². The molecule has 0 fully saturated rings. The van der Waals surface area contributed by atoms with Crippen molar-refractivity contribution in [3.8, 4) is 11.1 Å². The molecular formula is C25H25N3O6. The van der Waals surface area contributed by atoms with Gasteiger partial charge in [-0.3, -0.25) is 0 Å². The first-order valence-electron chi connectivity index (χ1n) is 10.8. The number of pyridine rings is 1. The number of alkyl carbamates (subject to hydrolysis) is 1. The van der Waals surface area contributed by atoms with Crippen molar-refractivity contribution >= 4 is 17.9 Å². The van der Waals surface area contributed by atoms with Crippen LogP contribution < -0.4 is 11.1 Å². The van der Waals surface area contributed by atoms with Crippen molar-refractivity contribution in [1.29, 1.82) is 0 Å². The molecule has 34 heavy (non-hydrogen) atoms. The number of anilines is 1. The molecule has 1 amide bonds. The van der Waals surface area contributed by atoms with Crippen LogP contribution in [0.4, 0.5) is 10.6 Å². The second-order valence-electron chi connectivity index (χ2n) is 8.06. The minimum Gasteiger partial charge on any atom is -0.478 e. The molecule has 1 aliphatic rings. The number of carboxylic acid groups (broad SMARTS) is 1. The fraction of sp³-hybridized carbons (Fsp3) is 0.240. The van der Waals surface area contributed by atoms with E-state index in [-0.39, 0.29) is 42.4 Å². The monoisotopic (exact) mass is 463 g/mol. The molecule has 1 aromatic heterocycles. The van der Waals surface area contributed by atoms with Crippen molar-refractivity contribution in [2.45, 2.75) is 24.5 Å². The average molecular weight is 463 g/mol. The first kappa shape index (κ1) is 23.2. The fourth-order valence-corrected chi connectivity index (χ4v) is 4.18. The lowest BCUT2D eigenvalue weighted by atomic mass is 9.98. The molecule has 9 nitrogen and oxygen atoms in total. The zero-order valence-electron chi connectivity index (χ0n) is 18.2.